The number of nitrogens with one attached hydrogen (secondary N) is 1. The predicted molar refractivity (Wildman–Crippen MR) is 90.1 cm³/mol. The first kappa shape index (κ1) is 18.2. The monoisotopic (exact) mass is 354 g/mol. The van der Waals surface area contributed by atoms with Crippen molar-refractivity contribution < 1.29 is 18.0 Å². The molecule has 2 aliphatic rings. The molecule has 25 heavy (non-hydrogen) atoms. The van der Waals surface area contributed by atoms with Gasteiger partial charge < -0.3 is 5.32 Å². The Morgan fingerprint density at radius 1 is 1.08 bits per heavy atom. The van der Waals surface area contributed by atoms with E-state index < -0.39 is 11.7 Å². The average Bonchev–Trinajstić information content (AvgIpc) is 2.54. The van der Waals surface area contributed by atoms with E-state index in [1.165, 1.54) is 44.2 Å². The number of hydrogen-bond donors (Lipinski definition) is 1. The van der Waals surface area contributed by atoms with Crippen LogP contribution in [-0.4, -0.2) is 36.0 Å². The standard InChI is InChI=1S/C19H25F3N2O/c20-19(21,22)15-8-6-14(7-9-15)10-12-23-18(25)17-11-13-24(17)16-4-2-1-3-5-16/h6-9,16-17H,1-5,10-13H2,(H,23,25)/t17-/m1/s1. The zero-order valence-corrected chi connectivity index (χ0v) is 14.3. The summed E-state index contributed by atoms with van der Waals surface area (Å²) in [5.74, 6) is 0.0590. The van der Waals surface area contributed by atoms with Crippen LogP contribution in [0.4, 0.5) is 13.2 Å². The van der Waals surface area contributed by atoms with Crippen LogP contribution in [0.2, 0.25) is 0 Å². The second-order valence-corrected chi connectivity index (χ2v) is 7.07. The number of likely N-dealkylation sites (tertiary alicyclic amines) is 1. The molecule has 1 saturated carbocycles. The molecule has 1 aromatic rings. The number of halogens is 3. The van der Waals surface area contributed by atoms with Gasteiger partial charge >= 0.3 is 6.18 Å². The fourth-order valence-corrected chi connectivity index (χ4v) is 3.85. The Bertz CT molecular complexity index is 579. The first-order valence-electron chi connectivity index (χ1n) is 9.15. The number of amides is 1. The molecule has 138 valence electrons. The van der Waals surface area contributed by atoms with E-state index in [4.69, 9.17) is 0 Å². The third-order valence-electron chi connectivity index (χ3n) is 5.40. The SMILES string of the molecule is O=C(NCCc1ccc(C(F)(F)F)cc1)[C@H]1CCN1C1CCCCC1. The minimum absolute atomic E-state index is 0.0179. The average molecular weight is 354 g/mol. The maximum absolute atomic E-state index is 12.5. The Morgan fingerprint density at radius 2 is 1.76 bits per heavy atom. The molecular weight excluding hydrogens is 329 g/mol. The number of benzene rings is 1. The normalized spacial score (nSPS) is 22.4. The molecule has 0 spiro atoms. The van der Waals surface area contributed by atoms with Crippen LogP contribution in [0.15, 0.2) is 24.3 Å². The van der Waals surface area contributed by atoms with Crippen molar-refractivity contribution in [3.63, 3.8) is 0 Å². The fraction of sp³-hybridized carbons (Fsp3) is 0.632. The maximum atomic E-state index is 12.5. The Kier molecular flexibility index (Phi) is 5.67. The summed E-state index contributed by atoms with van der Waals surface area (Å²) in [6.07, 6.45) is 3.33. The van der Waals surface area contributed by atoms with E-state index >= 15 is 0 Å². The number of rotatable bonds is 5. The van der Waals surface area contributed by atoms with Crippen molar-refractivity contribution in [3.8, 4) is 0 Å². The molecular formula is C19H25F3N2O. The van der Waals surface area contributed by atoms with Crippen molar-refractivity contribution in [2.24, 2.45) is 0 Å². The predicted octanol–water partition coefficient (Wildman–Crippen LogP) is 3.77. The summed E-state index contributed by atoms with van der Waals surface area (Å²) in [6.45, 7) is 1.46. The van der Waals surface area contributed by atoms with Gasteiger partial charge in [-0.2, -0.15) is 13.2 Å². The van der Waals surface area contributed by atoms with Crippen LogP contribution < -0.4 is 5.32 Å². The van der Waals surface area contributed by atoms with Crippen LogP contribution in [0, 0.1) is 0 Å². The van der Waals surface area contributed by atoms with Crippen LogP contribution in [0.3, 0.4) is 0 Å². The quantitative estimate of drug-likeness (QED) is 0.873. The number of hydrogen-bond acceptors (Lipinski definition) is 2. The van der Waals surface area contributed by atoms with Crippen molar-refractivity contribution in [1.29, 1.82) is 0 Å². The Balaban J connectivity index is 1.43. The number of carbonyl (C=O) groups is 1. The molecule has 0 bridgehead atoms. The van der Waals surface area contributed by atoms with Gasteiger partial charge in [-0.15, -0.1) is 0 Å². The molecule has 0 aromatic heterocycles. The summed E-state index contributed by atoms with van der Waals surface area (Å²) in [5.41, 5.74) is 0.156. The largest absolute Gasteiger partial charge is 0.416 e. The molecule has 1 atom stereocenters. The van der Waals surface area contributed by atoms with Gasteiger partial charge in [-0.3, -0.25) is 9.69 Å². The first-order valence-corrected chi connectivity index (χ1v) is 9.15. The third-order valence-corrected chi connectivity index (χ3v) is 5.40. The van der Waals surface area contributed by atoms with E-state index in [9.17, 15) is 18.0 Å². The van der Waals surface area contributed by atoms with Crippen LogP contribution >= 0.6 is 0 Å². The number of nitrogens with zero attached hydrogens (tertiary/aromatic N) is 1. The van der Waals surface area contributed by atoms with Crippen molar-refractivity contribution in [1.82, 2.24) is 10.2 Å². The summed E-state index contributed by atoms with van der Waals surface area (Å²) in [4.78, 5) is 14.7. The van der Waals surface area contributed by atoms with Crippen LogP contribution in [0.25, 0.3) is 0 Å². The number of carbonyl (C=O) groups excluding carboxylic acids is 1. The highest BCUT2D eigenvalue weighted by molar-refractivity contribution is 5.82. The molecule has 0 unspecified atom stereocenters. The van der Waals surface area contributed by atoms with E-state index in [1.807, 2.05) is 0 Å². The topological polar surface area (TPSA) is 32.3 Å². The second-order valence-electron chi connectivity index (χ2n) is 7.07. The maximum Gasteiger partial charge on any atom is 0.416 e. The van der Waals surface area contributed by atoms with E-state index in [-0.39, 0.29) is 11.9 Å². The molecule has 1 aromatic carbocycles. The summed E-state index contributed by atoms with van der Waals surface area (Å²) in [7, 11) is 0. The summed E-state index contributed by atoms with van der Waals surface area (Å²) < 4.78 is 37.6. The lowest BCUT2D eigenvalue weighted by Gasteiger charge is -2.46. The van der Waals surface area contributed by atoms with Gasteiger partial charge in [-0.25, -0.2) is 0 Å². The van der Waals surface area contributed by atoms with E-state index in [0.29, 0.717) is 19.0 Å². The number of alkyl halides is 3. The van der Waals surface area contributed by atoms with E-state index in [1.54, 1.807) is 0 Å². The first-order chi connectivity index (χ1) is 11.9. The summed E-state index contributed by atoms with van der Waals surface area (Å²) in [5, 5.41) is 2.94. The van der Waals surface area contributed by atoms with E-state index in [2.05, 4.69) is 10.2 Å². The van der Waals surface area contributed by atoms with Gasteiger partial charge in [0.1, 0.15) is 0 Å². The van der Waals surface area contributed by atoms with Crippen LogP contribution in [0.5, 0.6) is 0 Å². The van der Waals surface area contributed by atoms with Crippen molar-refractivity contribution in [3.05, 3.63) is 35.4 Å². The second kappa shape index (κ2) is 7.77. The molecule has 1 aliphatic carbocycles. The van der Waals surface area contributed by atoms with Gasteiger partial charge in [0, 0.05) is 19.1 Å². The Labute approximate surface area is 146 Å². The molecule has 1 heterocycles. The minimum Gasteiger partial charge on any atom is -0.354 e. The minimum atomic E-state index is -4.31. The van der Waals surface area contributed by atoms with Gasteiger partial charge in [0.05, 0.1) is 11.6 Å². The third kappa shape index (κ3) is 4.54. The lowest BCUT2D eigenvalue weighted by Crippen LogP contribution is -2.60. The van der Waals surface area contributed by atoms with Crippen LogP contribution in [0.1, 0.15) is 49.7 Å². The lowest BCUT2D eigenvalue weighted by atomic mass is 9.89. The van der Waals surface area contributed by atoms with Gasteiger partial charge in [0.2, 0.25) is 5.91 Å². The van der Waals surface area contributed by atoms with Crippen LogP contribution in [-0.2, 0) is 17.4 Å². The van der Waals surface area contributed by atoms with Crippen molar-refractivity contribution in [2.45, 2.75) is 63.2 Å². The highest BCUT2D eigenvalue weighted by Gasteiger charge is 2.38. The van der Waals surface area contributed by atoms with E-state index in [0.717, 1.165) is 30.7 Å². The lowest BCUT2D eigenvalue weighted by molar-refractivity contribution is -0.137. The van der Waals surface area contributed by atoms with Gasteiger partial charge in [-0.05, 0) is 43.4 Å². The van der Waals surface area contributed by atoms with Gasteiger partial charge in [-0.1, -0.05) is 31.4 Å². The van der Waals surface area contributed by atoms with Gasteiger partial charge in [0.15, 0.2) is 0 Å². The molecule has 0 radical (unpaired) electrons. The summed E-state index contributed by atoms with van der Waals surface area (Å²) >= 11 is 0. The highest BCUT2D eigenvalue weighted by Crippen LogP contribution is 2.30. The molecule has 2 fully saturated rings. The van der Waals surface area contributed by atoms with Gasteiger partial charge in [0.25, 0.3) is 0 Å². The summed E-state index contributed by atoms with van der Waals surface area (Å²) in [6, 6.07) is 5.67. The highest BCUT2D eigenvalue weighted by atomic mass is 19.4. The Morgan fingerprint density at radius 3 is 2.32 bits per heavy atom. The van der Waals surface area contributed by atoms with Crippen molar-refractivity contribution in [2.75, 3.05) is 13.1 Å². The molecule has 3 nitrogen and oxygen atoms in total. The zero-order valence-electron chi connectivity index (χ0n) is 14.3. The molecule has 1 amide bonds. The molecule has 3 rings (SSSR count). The smallest absolute Gasteiger partial charge is 0.354 e. The molecule has 1 aliphatic heterocycles. The molecule has 1 N–H and O–H groups in total. The fourth-order valence-electron chi connectivity index (χ4n) is 3.85. The molecule has 1 saturated heterocycles. The molecule has 6 heteroatoms. The van der Waals surface area contributed by atoms with Crippen molar-refractivity contribution >= 4 is 5.91 Å². The zero-order chi connectivity index (χ0) is 17.9. The Hall–Kier alpha value is -1.56.